The zero-order valence-electron chi connectivity index (χ0n) is 23.6. The molecular formula is C37H31O4+. The summed E-state index contributed by atoms with van der Waals surface area (Å²) in [5, 5.41) is 4.88. The van der Waals surface area contributed by atoms with E-state index in [-0.39, 0.29) is 0 Å². The van der Waals surface area contributed by atoms with Crippen molar-refractivity contribution in [2.45, 2.75) is 0 Å². The molecule has 0 saturated heterocycles. The molecule has 4 nitrogen and oxygen atoms in total. The molecule has 0 saturated carbocycles. The van der Waals surface area contributed by atoms with Crippen LogP contribution in [0.4, 0.5) is 0 Å². The minimum Gasteiger partial charge on any atom is -0.471 e. The minimum atomic E-state index is 0.691. The normalized spacial score (nSPS) is 10.9. The van der Waals surface area contributed by atoms with E-state index in [9.17, 15) is 0 Å². The number of fused-ring (bicyclic) bond motifs is 2. The number of methoxy groups -OCH3 is 4. The van der Waals surface area contributed by atoms with Gasteiger partial charge in [-0.3, -0.25) is 0 Å². The van der Waals surface area contributed by atoms with Crippen molar-refractivity contribution in [2.75, 3.05) is 28.4 Å². The molecule has 6 rings (SSSR count). The van der Waals surface area contributed by atoms with Gasteiger partial charge in [-0.25, -0.2) is 0 Å². The van der Waals surface area contributed by atoms with E-state index in [0.29, 0.717) is 23.0 Å². The van der Waals surface area contributed by atoms with E-state index < -0.39 is 0 Å². The molecule has 6 aromatic rings. The molecule has 0 atom stereocenters. The molecule has 0 heterocycles. The third-order valence-corrected chi connectivity index (χ3v) is 7.59. The lowest BCUT2D eigenvalue weighted by atomic mass is 9.82. The van der Waals surface area contributed by atoms with E-state index in [1.165, 1.54) is 27.1 Å². The van der Waals surface area contributed by atoms with Crippen LogP contribution in [-0.4, -0.2) is 28.4 Å². The van der Waals surface area contributed by atoms with Crippen LogP contribution < -0.4 is 18.9 Å². The molecule has 0 unspecified atom stereocenters. The molecule has 0 aliphatic rings. The van der Waals surface area contributed by atoms with Gasteiger partial charge in [0, 0.05) is 24.3 Å². The minimum absolute atomic E-state index is 0.691. The largest absolute Gasteiger partial charge is 0.471 e. The van der Waals surface area contributed by atoms with Crippen molar-refractivity contribution in [1.82, 2.24) is 0 Å². The van der Waals surface area contributed by atoms with E-state index in [1.54, 1.807) is 28.4 Å². The molecule has 202 valence electrons. The van der Waals surface area contributed by atoms with Crippen molar-refractivity contribution >= 4 is 21.5 Å². The van der Waals surface area contributed by atoms with Crippen LogP contribution in [0.3, 0.4) is 0 Å². The van der Waals surface area contributed by atoms with E-state index in [2.05, 4.69) is 78.9 Å². The van der Waals surface area contributed by atoms with E-state index in [1.807, 2.05) is 36.4 Å². The SMILES string of the molecule is COc1cccc(OC)c1[C+](c1ccc(-c2c3ccccc3cc3ccccc23)cc1)c1c(OC)cccc1OC. The summed E-state index contributed by atoms with van der Waals surface area (Å²) in [7, 11) is 6.68. The summed E-state index contributed by atoms with van der Waals surface area (Å²) in [5.41, 5.74) is 4.98. The Kier molecular flexibility index (Phi) is 7.13. The molecule has 0 amide bonds. The van der Waals surface area contributed by atoms with Crippen LogP contribution in [0.25, 0.3) is 32.7 Å². The van der Waals surface area contributed by atoms with Crippen LogP contribution >= 0.6 is 0 Å². The van der Waals surface area contributed by atoms with Gasteiger partial charge in [0.25, 0.3) is 0 Å². The Bertz CT molecular complexity index is 1690. The molecule has 0 fully saturated rings. The fourth-order valence-corrected chi connectivity index (χ4v) is 5.74. The third kappa shape index (κ3) is 4.57. The van der Waals surface area contributed by atoms with Crippen LogP contribution in [0.1, 0.15) is 16.7 Å². The molecule has 4 heteroatoms. The average Bonchev–Trinajstić information content (AvgIpc) is 3.04. The summed E-state index contributed by atoms with van der Waals surface area (Å²) < 4.78 is 23.5. The number of benzene rings is 6. The third-order valence-electron chi connectivity index (χ3n) is 7.59. The standard InChI is InChI=1S/C37H31O4/c1-38-30-15-9-16-31(39-2)36(30)35(37-32(40-3)17-10-18-33(37)41-4)25-21-19-24(20-22-25)34-28-13-7-5-11-26(28)23-27-12-6-8-14-29(27)34/h5-23H,1-4H3/q+1. The van der Waals surface area contributed by atoms with Gasteiger partial charge in [-0.05, 0) is 75.1 Å². The summed E-state index contributed by atoms with van der Waals surface area (Å²) in [6.07, 6.45) is 0. The van der Waals surface area contributed by atoms with Gasteiger partial charge >= 0.3 is 0 Å². The highest BCUT2D eigenvalue weighted by atomic mass is 16.5. The van der Waals surface area contributed by atoms with Crippen LogP contribution in [0.2, 0.25) is 0 Å². The van der Waals surface area contributed by atoms with E-state index in [4.69, 9.17) is 18.9 Å². The van der Waals surface area contributed by atoms with Crippen molar-refractivity contribution in [3.05, 3.63) is 138 Å². The molecular weight excluding hydrogens is 508 g/mol. The second-order valence-corrected chi connectivity index (χ2v) is 9.72. The van der Waals surface area contributed by atoms with Crippen molar-refractivity contribution in [2.24, 2.45) is 0 Å². The topological polar surface area (TPSA) is 36.9 Å². The molecule has 0 radical (unpaired) electrons. The Hall–Kier alpha value is -5.09. The highest BCUT2D eigenvalue weighted by Crippen LogP contribution is 2.48. The van der Waals surface area contributed by atoms with Gasteiger partial charge in [0.05, 0.1) is 39.9 Å². The lowest BCUT2D eigenvalue weighted by molar-refractivity contribution is 0.382. The molecule has 0 N–H and O–H groups in total. The Morgan fingerprint density at radius 3 is 1.27 bits per heavy atom. The number of ether oxygens (including phenoxy) is 4. The molecule has 41 heavy (non-hydrogen) atoms. The number of hydrogen-bond donors (Lipinski definition) is 0. The fraction of sp³-hybridized carbons (Fsp3) is 0.108. The van der Waals surface area contributed by atoms with E-state index >= 15 is 0 Å². The Balaban J connectivity index is 1.60. The smallest absolute Gasteiger partial charge is 0.176 e. The van der Waals surface area contributed by atoms with Gasteiger partial charge < -0.3 is 18.9 Å². The predicted molar refractivity (Wildman–Crippen MR) is 167 cm³/mol. The predicted octanol–water partition coefficient (Wildman–Crippen LogP) is 8.71. The molecule has 6 aromatic carbocycles. The Morgan fingerprint density at radius 2 is 0.854 bits per heavy atom. The van der Waals surface area contributed by atoms with Gasteiger partial charge in [0.1, 0.15) is 11.1 Å². The first-order valence-corrected chi connectivity index (χ1v) is 13.5. The second-order valence-electron chi connectivity index (χ2n) is 9.72. The van der Waals surface area contributed by atoms with Gasteiger partial charge in [-0.1, -0.05) is 48.5 Å². The summed E-state index contributed by atoms with van der Waals surface area (Å²) in [6, 6.07) is 39.7. The molecule has 0 aromatic heterocycles. The van der Waals surface area contributed by atoms with Crippen molar-refractivity contribution in [1.29, 1.82) is 0 Å². The van der Waals surface area contributed by atoms with Crippen LogP contribution in [-0.2, 0) is 0 Å². The zero-order chi connectivity index (χ0) is 28.3. The summed E-state index contributed by atoms with van der Waals surface area (Å²) in [4.78, 5) is 0. The number of hydrogen-bond acceptors (Lipinski definition) is 4. The highest BCUT2D eigenvalue weighted by molar-refractivity contribution is 6.12. The highest BCUT2D eigenvalue weighted by Gasteiger charge is 2.36. The van der Waals surface area contributed by atoms with Crippen LogP contribution in [0, 0.1) is 5.92 Å². The summed E-state index contributed by atoms with van der Waals surface area (Å²) in [5.74, 6) is 3.66. The second kappa shape index (κ2) is 11.2. The maximum absolute atomic E-state index is 5.87. The lowest BCUT2D eigenvalue weighted by Gasteiger charge is -2.21. The Morgan fingerprint density at radius 1 is 0.439 bits per heavy atom. The lowest BCUT2D eigenvalue weighted by Crippen LogP contribution is -2.11. The quantitative estimate of drug-likeness (QED) is 0.110. The molecule has 0 aliphatic carbocycles. The van der Waals surface area contributed by atoms with Gasteiger partial charge in [0.15, 0.2) is 23.0 Å². The van der Waals surface area contributed by atoms with E-state index in [0.717, 1.165) is 28.2 Å². The molecule has 0 spiro atoms. The first kappa shape index (κ1) is 26.1. The number of rotatable bonds is 8. The maximum Gasteiger partial charge on any atom is 0.176 e. The maximum atomic E-state index is 5.87. The van der Waals surface area contributed by atoms with Gasteiger partial charge in [0.2, 0.25) is 0 Å². The Labute approximate surface area is 240 Å². The summed E-state index contributed by atoms with van der Waals surface area (Å²) in [6.45, 7) is 0. The molecule has 0 bridgehead atoms. The van der Waals surface area contributed by atoms with Crippen LogP contribution in [0.15, 0.2) is 115 Å². The van der Waals surface area contributed by atoms with Crippen molar-refractivity contribution in [3.8, 4) is 34.1 Å². The van der Waals surface area contributed by atoms with Gasteiger partial charge in [-0.15, -0.1) is 0 Å². The van der Waals surface area contributed by atoms with Crippen molar-refractivity contribution in [3.63, 3.8) is 0 Å². The first-order chi connectivity index (χ1) is 20.2. The van der Waals surface area contributed by atoms with Gasteiger partial charge in [-0.2, -0.15) is 0 Å². The monoisotopic (exact) mass is 539 g/mol. The summed E-state index contributed by atoms with van der Waals surface area (Å²) >= 11 is 0. The first-order valence-electron chi connectivity index (χ1n) is 13.5. The average molecular weight is 540 g/mol. The molecule has 0 aliphatic heterocycles. The van der Waals surface area contributed by atoms with Crippen molar-refractivity contribution < 1.29 is 18.9 Å². The fourth-order valence-electron chi connectivity index (χ4n) is 5.74. The zero-order valence-corrected chi connectivity index (χ0v) is 23.6. The van der Waals surface area contributed by atoms with Crippen LogP contribution in [0.5, 0.6) is 23.0 Å².